The molecule has 162 valence electrons. The Morgan fingerprint density at radius 2 is 1.69 bits per heavy atom. The Balaban J connectivity index is 1.54. The van der Waals surface area contributed by atoms with Gasteiger partial charge in [-0.3, -0.25) is 4.79 Å². The number of hydrogen-bond donors (Lipinski definition) is 1. The van der Waals surface area contributed by atoms with E-state index < -0.39 is 0 Å². The fourth-order valence-corrected chi connectivity index (χ4v) is 3.09. The summed E-state index contributed by atoms with van der Waals surface area (Å²) in [5, 5.41) is 7.27. The first-order valence-electron chi connectivity index (χ1n) is 10.1. The molecule has 0 atom stereocenters. The summed E-state index contributed by atoms with van der Waals surface area (Å²) in [6.45, 7) is 0.610. The van der Waals surface area contributed by atoms with Gasteiger partial charge in [0.2, 0.25) is 0 Å². The van der Waals surface area contributed by atoms with E-state index in [0.717, 1.165) is 16.9 Å². The highest BCUT2D eigenvalue weighted by Gasteiger charge is 2.19. The lowest BCUT2D eigenvalue weighted by Gasteiger charge is -2.08. The molecule has 0 aliphatic heterocycles. The fraction of sp³-hybridized carbons (Fsp3) is 0.120. The molecule has 0 saturated carbocycles. The van der Waals surface area contributed by atoms with Gasteiger partial charge in [-0.15, -0.1) is 0 Å². The van der Waals surface area contributed by atoms with Crippen molar-refractivity contribution in [3.63, 3.8) is 0 Å². The van der Waals surface area contributed by atoms with Crippen molar-refractivity contribution >= 4 is 5.91 Å². The van der Waals surface area contributed by atoms with Crippen molar-refractivity contribution in [2.24, 2.45) is 0 Å². The van der Waals surface area contributed by atoms with Crippen LogP contribution in [0, 0.1) is 5.82 Å². The first-order chi connectivity index (χ1) is 15.6. The number of amides is 1. The molecular weight excluding hydrogens is 409 g/mol. The van der Waals surface area contributed by atoms with Gasteiger partial charge >= 0.3 is 0 Å². The van der Waals surface area contributed by atoms with Gasteiger partial charge in [0, 0.05) is 6.54 Å². The zero-order valence-electron chi connectivity index (χ0n) is 17.5. The maximum atomic E-state index is 13.3. The van der Waals surface area contributed by atoms with E-state index in [2.05, 4.69) is 10.4 Å². The van der Waals surface area contributed by atoms with E-state index in [1.807, 2.05) is 54.6 Å². The largest absolute Gasteiger partial charge is 0.497 e. The Morgan fingerprint density at radius 3 is 2.38 bits per heavy atom. The first-order valence-corrected chi connectivity index (χ1v) is 10.1. The highest BCUT2D eigenvalue weighted by Crippen LogP contribution is 2.22. The van der Waals surface area contributed by atoms with Gasteiger partial charge in [0.25, 0.3) is 5.91 Å². The quantitative estimate of drug-likeness (QED) is 0.445. The summed E-state index contributed by atoms with van der Waals surface area (Å²) in [4.78, 5) is 12.9. The molecular formula is C25H22FN3O3. The first kappa shape index (κ1) is 21.1. The zero-order valence-corrected chi connectivity index (χ0v) is 17.5. The van der Waals surface area contributed by atoms with E-state index in [-0.39, 0.29) is 24.0 Å². The van der Waals surface area contributed by atoms with E-state index in [1.165, 1.54) is 16.8 Å². The molecule has 7 heteroatoms. The Hall–Kier alpha value is -4.13. The van der Waals surface area contributed by atoms with Crippen molar-refractivity contribution in [3.05, 3.63) is 108 Å². The van der Waals surface area contributed by atoms with E-state index in [0.29, 0.717) is 18.0 Å². The minimum Gasteiger partial charge on any atom is -0.497 e. The molecule has 32 heavy (non-hydrogen) atoms. The number of rotatable bonds is 8. The lowest BCUT2D eigenvalue weighted by Crippen LogP contribution is -2.24. The molecule has 0 radical (unpaired) electrons. The minimum absolute atomic E-state index is 0.152. The fourth-order valence-electron chi connectivity index (χ4n) is 3.09. The molecule has 6 nitrogen and oxygen atoms in total. The molecule has 0 spiro atoms. The molecule has 1 N–H and O–H groups in total. The number of nitrogens with one attached hydrogen (secondary N) is 1. The SMILES string of the molecule is COc1ccc(CNC(=O)c2nn(-c3ccc(F)cc3)cc2OCc2ccccc2)cc1. The molecule has 0 fully saturated rings. The zero-order chi connectivity index (χ0) is 22.3. The normalized spacial score (nSPS) is 10.6. The van der Waals surface area contributed by atoms with Crippen LogP contribution in [0.4, 0.5) is 4.39 Å². The summed E-state index contributed by atoms with van der Waals surface area (Å²) in [6.07, 6.45) is 1.62. The second kappa shape index (κ2) is 9.78. The molecule has 1 amide bonds. The average Bonchev–Trinajstić information content (AvgIpc) is 3.27. The summed E-state index contributed by atoms with van der Waals surface area (Å²) in [5.41, 5.74) is 2.65. The van der Waals surface area contributed by atoms with Gasteiger partial charge in [0.15, 0.2) is 11.4 Å². The number of aromatic nitrogens is 2. The Labute approximate surface area is 185 Å². The summed E-state index contributed by atoms with van der Waals surface area (Å²) < 4.78 is 25.9. The summed E-state index contributed by atoms with van der Waals surface area (Å²) in [5.74, 6) is 0.365. The van der Waals surface area contributed by atoms with Crippen molar-refractivity contribution in [2.45, 2.75) is 13.2 Å². The van der Waals surface area contributed by atoms with Gasteiger partial charge in [0.1, 0.15) is 18.2 Å². The molecule has 4 rings (SSSR count). The Morgan fingerprint density at radius 1 is 0.969 bits per heavy atom. The van der Waals surface area contributed by atoms with Gasteiger partial charge in [-0.25, -0.2) is 9.07 Å². The molecule has 0 saturated heterocycles. The molecule has 4 aromatic rings. The lowest BCUT2D eigenvalue weighted by molar-refractivity contribution is 0.0941. The maximum Gasteiger partial charge on any atom is 0.275 e. The summed E-state index contributed by atoms with van der Waals surface area (Å²) in [7, 11) is 1.60. The highest BCUT2D eigenvalue weighted by molar-refractivity contribution is 5.94. The molecule has 1 aromatic heterocycles. The van der Waals surface area contributed by atoms with Crippen LogP contribution >= 0.6 is 0 Å². The van der Waals surface area contributed by atoms with Crippen LogP contribution in [-0.2, 0) is 13.2 Å². The third kappa shape index (κ3) is 5.13. The molecule has 1 heterocycles. The number of halogens is 1. The maximum absolute atomic E-state index is 13.3. The third-order valence-corrected chi connectivity index (χ3v) is 4.84. The van der Waals surface area contributed by atoms with Crippen LogP contribution in [0.15, 0.2) is 85.1 Å². The lowest BCUT2D eigenvalue weighted by atomic mass is 10.2. The Kier molecular flexibility index (Phi) is 6.46. The number of carbonyl (C=O) groups is 1. The van der Waals surface area contributed by atoms with Gasteiger partial charge < -0.3 is 14.8 Å². The molecule has 0 bridgehead atoms. The van der Waals surface area contributed by atoms with Crippen molar-refractivity contribution in [1.82, 2.24) is 15.1 Å². The van der Waals surface area contributed by atoms with Gasteiger partial charge in [-0.1, -0.05) is 42.5 Å². The number of ether oxygens (including phenoxy) is 2. The van der Waals surface area contributed by atoms with Crippen LogP contribution in [-0.4, -0.2) is 22.8 Å². The number of hydrogen-bond acceptors (Lipinski definition) is 4. The monoisotopic (exact) mass is 431 g/mol. The van der Waals surface area contributed by atoms with Crippen molar-refractivity contribution in [1.29, 1.82) is 0 Å². The van der Waals surface area contributed by atoms with Crippen LogP contribution in [0.5, 0.6) is 11.5 Å². The van der Waals surface area contributed by atoms with Crippen molar-refractivity contribution < 1.29 is 18.7 Å². The predicted octanol–water partition coefficient (Wildman–Crippen LogP) is 4.53. The van der Waals surface area contributed by atoms with Crippen LogP contribution in [0.3, 0.4) is 0 Å². The van der Waals surface area contributed by atoms with Crippen LogP contribution in [0.25, 0.3) is 5.69 Å². The molecule has 3 aromatic carbocycles. The van der Waals surface area contributed by atoms with Gasteiger partial charge in [-0.2, -0.15) is 5.10 Å². The van der Waals surface area contributed by atoms with Crippen LogP contribution in [0.1, 0.15) is 21.6 Å². The number of benzene rings is 3. The van der Waals surface area contributed by atoms with Gasteiger partial charge in [-0.05, 0) is 47.5 Å². The molecule has 0 unspecified atom stereocenters. The van der Waals surface area contributed by atoms with Crippen LogP contribution in [0.2, 0.25) is 0 Å². The van der Waals surface area contributed by atoms with E-state index in [4.69, 9.17) is 9.47 Å². The Bertz CT molecular complexity index is 1170. The topological polar surface area (TPSA) is 65.4 Å². The average molecular weight is 431 g/mol. The predicted molar refractivity (Wildman–Crippen MR) is 118 cm³/mol. The highest BCUT2D eigenvalue weighted by atomic mass is 19.1. The van der Waals surface area contributed by atoms with Gasteiger partial charge in [0.05, 0.1) is 19.0 Å². The summed E-state index contributed by atoms with van der Waals surface area (Å²) in [6, 6.07) is 22.9. The standard InChI is InChI=1S/C25H22FN3O3/c1-31-22-13-7-18(8-14-22)15-27-25(30)24-23(32-17-19-5-3-2-4-6-19)16-29(28-24)21-11-9-20(26)10-12-21/h2-14,16H,15,17H2,1H3,(H,27,30). The smallest absolute Gasteiger partial charge is 0.275 e. The van der Waals surface area contributed by atoms with E-state index in [1.54, 1.807) is 25.4 Å². The van der Waals surface area contributed by atoms with Crippen LogP contribution < -0.4 is 14.8 Å². The van der Waals surface area contributed by atoms with Crippen molar-refractivity contribution in [2.75, 3.05) is 7.11 Å². The number of carbonyl (C=O) groups excluding carboxylic acids is 1. The summed E-state index contributed by atoms with van der Waals surface area (Å²) >= 11 is 0. The number of methoxy groups -OCH3 is 1. The van der Waals surface area contributed by atoms with E-state index in [9.17, 15) is 9.18 Å². The van der Waals surface area contributed by atoms with Crippen molar-refractivity contribution in [3.8, 4) is 17.2 Å². The second-order valence-electron chi connectivity index (χ2n) is 7.07. The molecule has 0 aliphatic carbocycles. The second-order valence-corrected chi connectivity index (χ2v) is 7.07. The minimum atomic E-state index is -0.371. The molecule has 0 aliphatic rings. The third-order valence-electron chi connectivity index (χ3n) is 4.84. The van der Waals surface area contributed by atoms with E-state index >= 15 is 0 Å². The number of nitrogens with zero attached hydrogens (tertiary/aromatic N) is 2.